The Labute approximate surface area is 145 Å². The van der Waals surface area contributed by atoms with Crippen LogP contribution in [0.3, 0.4) is 0 Å². The van der Waals surface area contributed by atoms with E-state index in [1.165, 1.54) is 7.11 Å². The van der Waals surface area contributed by atoms with Crippen molar-refractivity contribution in [3.05, 3.63) is 77.7 Å². The van der Waals surface area contributed by atoms with Crippen LogP contribution in [0.15, 0.2) is 60.9 Å². The lowest BCUT2D eigenvalue weighted by atomic mass is 10.2. The average Bonchev–Trinajstić information content (AvgIpc) is 3.03. The number of ether oxygens (including phenoxy) is 1. The lowest BCUT2D eigenvalue weighted by Crippen LogP contribution is -2.13. The molecule has 0 aliphatic rings. The lowest BCUT2D eigenvalue weighted by Gasteiger charge is -2.06. The molecule has 1 amide bonds. The Morgan fingerprint density at radius 1 is 1.24 bits per heavy atom. The first kappa shape index (κ1) is 16.3. The second-order valence-corrected chi connectivity index (χ2v) is 5.35. The maximum absolute atomic E-state index is 12.4. The van der Waals surface area contributed by atoms with E-state index in [-0.39, 0.29) is 11.7 Å². The van der Waals surface area contributed by atoms with Gasteiger partial charge >= 0.3 is 0 Å². The molecule has 0 unspecified atom stereocenters. The molecule has 1 aromatic heterocycles. The molecule has 6 heteroatoms. The highest BCUT2D eigenvalue weighted by atomic mass is 16.5. The van der Waals surface area contributed by atoms with Gasteiger partial charge in [-0.2, -0.15) is 5.26 Å². The van der Waals surface area contributed by atoms with Gasteiger partial charge in [0.15, 0.2) is 11.5 Å². The highest BCUT2D eigenvalue weighted by Crippen LogP contribution is 2.17. The zero-order valence-electron chi connectivity index (χ0n) is 13.6. The number of nitrogens with one attached hydrogen (secondary N) is 1. The van der Waals surface area contributed by atoms with Gasteiger partial charge < -0.3 is 14.6 Å². The third-order valence-electron chi connectivity index (χ3n) is 3.70. The minimum absolute atomic E-state index is 0.242. The monoisotopic (exact) mass is 332 g/mol. The van der Waals surface area contributed by atoms with E-state index >= 15 is 0 Å². The number of rotatable bonds is 5. The fraction of sp³-hybridized carbons (Fsp3) is 0.105. The van der Waals surface area contributed by atoms with Crippen LogP contribution < -0.4 is 10.1 Å². The largest absolute Gasteiger partial charge is 0.497 e. The molecule has 0 spiro atoms. The molecule has 25 heavy (non-hydrogen) atoms. The maximum atomic E-state index is 12.4. The van der Waals surface area contributed by atoms with E-state index in [1.54, 1.807) is 35.2 Å². The highest BCUT2D eigenvalue weighted by Gasteiger charge is 2.15. The Kier molecular flexibility index (Phi) is 4.77. The summed E-state index contributed by atoms with van der Waals surface area (Å²) < 4.78 is 6.82. The molecule has 0 fully saturated rings. The molecule has 124 valence electrons. The van der Waals surface area contributed by atoms with Crippen molar-refractivity contribution in [1.82, 2.24) is 9.55 Å². The van der Waals surface area contributed by atoms with Gasteiger partial charge in [0, 0.05) is 12.1 Å². The van der Waals surface area contributed by atoms with E-state index in [0.29, 0.717) is 23.6 Å². The summed E-state index contributed by atoms with van der Waals surface area (Å²) in [6.45, 7) is 0.506. The maximum Gasteiger partial charge on any atom is 0.257 e. The van der Waals surface area contributed by atoms with Crippen molar-refractivity contribution in [2.24, 2.45) is 0 Å². The van der Waals surface area contributed by atoms with E-state index in [9.17, 15) is 10.1 Å². The van der Waals surface area contributed by atoms with Gasteiger partial charge in [-0.25, -0.2) is 4.98 Å². The molecule has 0 atom stereocenters. The Morgan fingerprint density at radius 2 is 2.04 bits per heavy atom. The van der Waals surface area contributed by atoms with Gasteiger partial charge in [0.2, 0.25) is 0 Å². The number of aromatic nitrogens is 2. The molecule has 0 saturated heterocycles. The van der Waals surface area contributed by atoms with Crippen LogP contribution in [-0.2, 0) is 6.54 Å². The van der Waals surface area contributed by atoms with Crippen molar-refractivity contribution in [3.63, 3.8) is 0 Å². The van der Waals surface area contributed by atoms with Crippen molar-refractivity contribution < 1.29 is 9.53 Å². The number of methoxy groups -OCH3 is 1. The Hall–Kier alpha value is -3.59. The van der Waals surface area contributed by atoms with Crippen LogP contribution in [0.2, 0.25) is 0 Å². The second kappa shape index (κ2) is 7.32. The van der Waals surface area contributed by atoms with Crippen LogP contribution in [0.4, 0.5) is 5.82 Å². The molecule has 0 saturated carbocycles. The Balaban J connectivity index is 1.81. The topological polar surface area (TPSA) is 79.9 Å². The summed E-state index contributed by atoms with van der Waals surface area (Å²) in [5, 5.41) is 12.1. The SMILES string of the molecule is COc1cccc(C(=O)Nc2ncn(Cc3ccccc3)c2C#N)c1. The molecule has 6 nitrogen and oxygen atoms in total. The number of hydrogen-bond acceptors (Lipinski definition) is 4. The van der Waals surface area contributed by atoms with Crippen LogP contribution >= 0.6 is 0 Å². The predicted octanol–water partition coefficient (Wildman–Crippen LogP) is 3.06. The smallest absolute Gasteiger partial charge is 0.257 e. The minimum Gasteiger partial charge on any atom is -0.497 e. The quantitative estimate of drug-likeness (QED) is 0.779. The number of benzene rings is 2. The number of amides is 1. The van der Waals surface area contributed by atoms with Crippen LogP contribution in [0.5, 0.6) is 5.75 Å². The zero-order chi connectivity index (χ0) is 17.6. The summed E-state index contributed by atoms with van der Waals surface area (Å²) in [6, 6.07) is 18.6. The molecular formula is C19H16N4O2. The minimum atomic E-state index is -0.347. The molecule has 0 aliphatic heterocycles. The van der Waals surface area contributed by atoms with Gasteiger partial charge in [-0.3, -0.25) is 4.79 Å². The van der Waals surface area contributed by atoms with E-state index in [4.69, 9.17) is 4.74 Å². The summed E-state index contributed by atoms with van der Waals surface area (Å²) in [4.78, 5) is 16.6. The number of carbonyl (C=O) groups excluding carboxylic acids is 1. The molecule has 0 aliphatic carbocycles. The molecule has 3 aromatic rings. The molecule has 0 bridgehead atoms. The van der Waals surface area contributed by atoms with Crippen LogP contribution in [0, 0.1) is 11.3 Å². The molecule has 2 aromatic carbocycles. The van der Waals surface area contributed by atoms with Crippen molar-refractivity contribution in [2.75, 3.05) is 12.4 Å². The van der Waals surface area contributed by atoms with Crippen LogP contribution in [0.1, 0.15) is 21.6 Å². The highest BCUT2D eigenvalue weighted by molar-refractivity contribution is 6.04. The number of nitrogens with zero attached hydrogens (tertiary/aromatic N) is 3. The van der Waals surface area contributed by atoms with Gasteiger partial charge in [-0.05, 0) is 23.8 Å². The number of carbonyl (C=O) groups is 1. The molecule has 1 N–H and O–H groups in total. The summed E-state index contributed by atoms with van der Waals surface area (Å²) in [7, 11) is 1.54. The van der Waals surface area contributed by atoms with Gasteiger partial charge in [-0.1, -0.05) is 36.4 Å². The summed E-state index contributed by atoms with van der Waals surface area (Å²) >= 11 is 0. The molecule has 0 radical (unpaired) electrons. The predicted molar refractivity (Wildman–Crippen MR) is 93.4 cm³/mol. The van der Waals surface area contributed by atoms with Gasteiger partial charge in [0.25, 0.3) is 5.91 Å². The van der Waals surface area contributed by atoms with E-state index < -0.39 is 0 Å². The number of imidazole rings is 1. The van der Waals surface area contributed by atoms with Crippen molar-refractivity contribution in [1.29, 1.82) is 5.26 Å². The Bertz CT molecular complexity index is 926. The second-order valence-electron chi connectivity index (χ2n) is 5.35. The molecule has 1 heterocycles. The summed E-state index contributed by atoms with van der Waals surface area (Å²) in [5.74, 6) is 0.481. The van der Waals surface area contributed by atoms with Crippen LogP contribution in [0.25, 0.3) is 0 Å². The standard InChI is InChI=1S/C19H16N4O2/c1-25-16-9-5-8-15(10-16)19(24)22-18-17(11-20)23(13-21-18)12-14-6-3-2-4-7-14/h2-10,13H,12H2,1H3,(H,22,24). The van der Waals surface area contributed by atoms with E-state index in [1.807, 2.05) is 30.3 Å². The molecule has 3 rings (SSSR count). The fourth-order valence-electron chi connectivity index (χ4n) is 2.43. The van der Waals surface area contributed by atoms with E-state index in [2.05, 4.69) is 16.4 Å². The first-order valence-corrected chi connectivity index (χ1v) is 7.66. The normalized spacial score (nSPS) is 10.1. The van der Waals surface area contributed by atoms with E-state index in [0.717, 1.165) is 5.56 Å². The van der Waals surface area contributed by atoms with Gasteiger partial charge in [0.1, 0.15) is 11.8 Å². The lowest BCUT2D eigenvalue weighted by molar-refractivity contribution is 0.102. The third-order valence-corrected chi connectivity index (χ3v) is 3.70. The summed E-state index contributed by atoms with van der Waals surface area (Å²) in [6.07, 6.45) is 1.55. The summed E-state index contributed by atoms with van der Waals surface area (Å²) in [5.41, 5.74) is 1.78. The Morgan fingerprint density at radius 3 is 2.76 bits per heavy atom. The van der Waals surface area contributed by atoms with Gasteiger partial charge in [0.05, 0.1) is 13.4 Å². The van der Waals surface area contributed by atoms with Crippen LogP contribution in [-0.4, -0.2) is 22.6 Å². The molecular weight excluding hydrogens is 316 g/mol. The number of nitriles is 1. The average molecular weight is 332 g/mol. The van der Waals surface area contributed by atoms with Crippen molar-refractivity contribution in [2.45, 2.75) is 6.54 Å². The first-order valence-electron chi connectivity index (χ1n) is 7.66. The third kappa shape index (κ3) is 3.67. The number of anilines is 1. The zero-order valence-corrected chi connectivity index (χ0v) is 13.6. The fourth-order valence-corrected chi connectivity index (χ4v) is 2.43. The van der Waals surface area contributed by atoms with Crippen molar-refractivity contribution in [3.8, 4) is 11.8 Å². The van der Waals surface area contributed by atoms with Crippen molar-refractivity contribution >= 4 is 11.7 Å². The van der Waals surface area contributed by atoms with Gasteiger partial charge in [-0.15, -0.1) is 0 Å². The first-order chi connectivity index (χ1) is 12.2. The number of hydrogen-bond donors (Lipinski definition) is 1.